The zero-order valence-corrected chi connectivity index (χ0v) is 18.3. The standard InChI is InChI=1S/C20H27N5O.HI/c1-17-5-3-6-18(15-17)24-10-12-25(13-11-24)20(21-2)23-9-14-26-19-7-4-8-22-16-19;/h3-8,15-16H,9-14H2,1-2H3,(H,21,23);1H. The van der Waals surface area contributed by atoms with Crippen LogP contribution >= 0.6 is 24.0 Å². The van der Waals surface area contributed by atoms with Crippen molar-refractivity contribution in [2.45, 2.75) is 6.92 Å². The fourth-order valence-electron chi connectivity index (χ4n) is 3.10. The largest absolute Gasteiger partial charge is 0.490 e. The highest BCUT2D eigenvalue weighted by Gasteiger charge is 2.19. The summed E-state index contributed by atoms with van der Waals surface area (Å²) in [5, 5.41) is 3.39. The highest BCUT2D eigenvalue weighted by Crippen LogP contribution is 2.17. The Morgan fingerprint density at radius 2 is 2.00 bits per heavy atom. The van der Waals surface area contributed by atoms with Gasteiger partial charge in [-0.3, -0.25) is 9.98 Å². The van der Waals surface area contributed by atoms with Crippen LogP contribution in [0.4, 0.5) is 5.69 Å². The average molecular weight is 481 g/mol. The van der Waals surface area contributed by atoms with Gasteiger partial charge < -0.3 is 19.9 Å². The molecule has 0 aliphatic carbocycles. The van der Waals surface area contributed by atoms with Crippen LogP contribution in [0.1, 0.15) is 5.56 Å². The summed E-state index contributed by atoms with van der Waals surface area (Å²) >= 11 is 0. The molecule has 7 heteroatoms. The molecule has 146 valence electrons. The zero-order valence-electron chi connectivity index (χ0n) is 16.0. The van der Waals surface area contributed by atoms with E-state index in [4.69, 9.17) is 4.74 Å². The van der Waals surface area contributed by atoms with Crippen molar-refractivity contribution in [2.24, 2.45) is 4.99 Å². The lowest BCUT2D eigenvalue weighted by atomic mass is 10.2. The van der Waals surface area contributed by atoms with E-state index in [-0.39, 0.29) is 24.0 Å². The Bertz CT molecular complexity index is 717. The molecule has 1 aliphatic heterocycles. The van der Waals surface area contributed by atoms with Crippen LogP contribution in [0.15, 0.2) is 53.8 Å². The number of piperazine rings is 1. The molecule has 27 heavy (non-hydrogen) atoms. The molecule has 1 saturated heterocycles. The summed E-state index contributed by atoms with van der Waals surface area (Å²) in [5.41, 5.74) is 2.61. The molecule has 3 rings (SSSR count). The number of benzene rings is 1. The van der Waals surface area contributed by atoms with E-state index in [1.807, 2.05) is 19.2 Å². The van der Waals surface area contributed by atoms with Gasteiger partial charge in [-0.1, -0.05) is 12.1 Å². The lowest BCUT2D eigenvalue weighted by Gasteiger charge is -2.37. The lowest BCUT2D eigenvalue weighted by Crippen LogP contribution is -2.53. The topological polar surface area (TPSA) is 53.0 Å². The number of pyridine rings is 1. The molecule has 0 bridgehead atoms. The van der Waals surface area contributed by atoms with E-state index >= 15 is 0 Å². The number of aliphatic imine (C=N–C) groups is 1. The maximum Gasteiger partial charge on any atom is 0.193 e. The van der Waals surface area contributed by atoms with Crippen LogP contribution in [0.25, 0.3) is 0 Å². The molecule has 1 aromatic carbocycles. The summed E-state index contributed by atoms with van der Waals surface area (Å²) in [6.45, 7) is 7.33. The van der Waals surface area contributed by atoms with Crippen molar-refractivity contribution >= 4 is 35.6 Å². The molecule has 0 saturated carbocycles. The number of nitrogens with zero attached hydrogens (tertiary/aromatic N) is 4. The molecule has 2 aromatic rings. The maximum absolute atomic E-state index is 5.67. The van der Waals surface area contributed by atoms with Crippen LogP contribution in [0.3, 0.4) is 0 Å². The second kappa shape index (κ2) is 11.0. The SMILES string of the molecule is CN=C(NCCOc1cccnc1)N1CCN(c2cccc(C)c2)CC1.I. The van der Waals surface area contributed by atoms with Gasteiger partial charge in [0.1, 0.15) is 12.4 Å². The molecular formula is C20H28IN5O. The van der Waals surface area contributed by atoms with Crippen molar-refractivity contribution in [3.05, 3.63) is 54.4 Å². The van der Waals surface area contributed by atoms with Gasteiger partial charge in [-0.25, -0.2) is 0 Å². The summed E-state index contributed by atoms with van der Waals surface area (Å²) in [6.07, 6.45) is 3.46. The third-order valence-electron chi connectivity index (χ3n) is 4.45. The number of guanidine groups is 1. The number of rotatable bonds is 5. The third-order valence-corrected chi connectivity index (χ3v) is 4.45. The number of ether oxygens (including phenoxy) is 1. The van der Waals surface area contributed by atoms with Gasteiger partial charge in [0.25, 0.3) is 0 Å². The van der Waals surface area contributed by atoms with E-state index in [9.17, 15) is 0 Å². The first kappa shape index (κ1) is 21.3. The van der Waals surface area contributed by atoms with Gasteiger partial charge in [0, 0.05) is 45.1 Å². The van der Waals surface area contributed by atoms with Gasteiger partial charge >= 0.3 is 0 Å². The maximum atomic E-state index is 5.67. The zero-order chi connectivity index (χ0) is 18.2. The van der Waals surface area contributed by atoms with Gasteiger partial charge in [-0.05, 0) is 36.8 Å². The lowest BCUT2D eigenvalue weighted by molar-refractivity contribution is 0.314. The summed E-state index contributed by atoms with van der Waals surface area (Å²) in [4.78, 5) is 13.2. The summed E-state index contributed by atoms with van der Waals surface area (Å²) in [7, 11) is 1.83. The number of halogens is 1. The van der Waals surface area contributed by atoms with Crippen molar-refractivity contribution in [2.75, 3.05) is 51.3 Å². The first-order valence-electron chi connectivity index (χ1n) is 9.06. The van der Waals surface area contributed by atoms with Crippen LogP contribution in [0.2, 0.25) is 0 Å². The minimum Gasteiger partial charge on any atom is -0.490 e. The second-order valence-electron chi connectivity index (χ2n) is 6.32. The Balaban J connectivity index is 0.00000261. The molecule has 0 amide bonds. The van der Waals surface area contributed by atoms with Crippen LogP contribution in [-0.2, 0) is 0 Å². The van der Waals surface area contributed by atoms with Crippen molar-refractivity contribution in [3.63, 3.8) is 0 Å². The Labute approximate surface area is 178 Å². The molecule has 0 atom stereocenters. The molecule has 0 radical (unpaired) electrons. The number of aromatic nitrogens is 1. The number of aryl methyl sites for hydroxylation is 1. The number of nitrogens with one attached hydrogen (secondary N) is 1. The van der Waals surface area contributed by atoms with Crippen molar-refractivity contribution in [1.29, 1.82) is 0 Å². The Hall–Kier alpha value is -2.03. The summed E-state index contributed by atoms with van der Waals surface area (Å²) in [5.74, 6) is 1.72. The normalized spacial score (nSPS) is 14.5. The quantitative estimate of drug-likeness (QED) is 0.308. The van der Waals surface area contributed by atoms with Crippen molar-refractivity contribution < 1.29 is 4.74 Å². The average Bonchev–Trinajstić information content (AvgIpc) is 2.69. The van der Waals surface area contributed by atoms with E-state index in [1.54, 1.807) is 12.4 Å². The molecule has 1 fully saturated rings. The molecule has 1 aliphatic rings. The Kier molecular flexibility index (Phi) is 8.63. The first-order chi connectivity index (χ1) is 12.8. The van der Waals surface area contributed by atoms with E-state index in [0.717, 1.165) is 37.9 Å². The van der Waals surface area contributed by atoms with Gasteiger partial charge in [-0.15, -0.1) is 24.0 Å². The van der Waals surface area contributed by atoms with E-state index in [2.05, 4.69) is 56.3 Å². The molecule has 2 heterocycles. The number of anilines is 1. The minimum absolute atomic E-state index is 0. The molecular weight excluding hydrogens is 453 g/mol. The van der Waals surface area contributed by atoms with Crippen LogP contribution in [-0.4, -0.2) is 62.2 Å². The Morgan fingerprint density at radius 3 is 2.67 bits per heavy atom. The smallest absolute Gasteiger partial charge is 0.193 e. The number of hydrogen-bond donors (Lipinski definition) is 1. The summed E-state index contributed by atoms with van der Waals surface area (Å²) in [6, 6.07) is 12.5. The van der Waals surface area contributed by atoms with Crippen LogP contribution < -0.4 is 15.0 Å². The monoisotopic (exact) mass is 481 g/mol. The fourth-order valence-corrected chi connectivity index (χ4v) is 3.10. The minimum atomic E-state index is 0. The van der Waals surface area contributed by atoms with Crippen molar-refractivity contribution in [1.82, 2.24) is 15.2 Å². The van der Waals surface area contributed by atoms with Crippen LogP contribution in [0.5, 0.6) is 5.75 Å². The summed E-state index contributed by atoms with van der Waals surface area (Å²) < 4.78 is 5.67. The van der Waals surface area contributed by atoms with E-state index < -0.39 is 0 Å². The number of hydrogen-bond acceptors (Lipinski definition) is 4. The molecule has 6 nitrogen and oxygen atoms in total. The third kappa shape index (κ3) is 6.27. The van der Waals surface area contributed by atoms with Gasteiger partial charge in [0.15, 0.2) is 5.96 Å². The molecule has 1 N–H and O–H groups in total. The van der Waals surface area contributed by atoms with Gasteiger partial charge in [0.05, 0.1) is 12.7 Å². The van der Waals surface area contributed by atoms with E-state index in [0.29, 0.717) is 13.2 Å². The van der Waals surface area contributed by atoms with Gasteiger partial charge in [0.2, 0.25) is 0 Å². The second-order valence-corrected chi connectivity index (χ2v) is 6.32. The molecule has 1 aromatic heterocycles. The predicted molar refractivity (Wildman–Crippen MR) is 121 cm³/mol. The van der Waals surface area contributed by atoms with Gasteiger partial charge in [-0.2, -0.15) is 0 Å². The Morgan fingerprint density at radius 1 is 1.19 bits per heavy atom. The molecule has 0 unspecified atom stereocenters. The predicted octanol–water partition coefficient (Wildman–Crippen LogP) is 2.78. The first-order valence-corrected chi connectivity index (χ1v) is 9.06. The van der Waals surface area contributed by atoms with Crippen LogP contribution in [0, 0.1) is 6.92 Å². The molecule has 0 spiro atoms. The van der Waals surface area contributed by atoms with E-state index in [1.165, 1.54) is 11.3 Å². The highest BCUT2D eigenvalue weighted by atomic mass is 127. The van der Waals surface area contributed by atoms with Crippen molar-refractivity contribution in [3.8, 4) is 5.75 Å². The fraction of sp³-hybridized carbons (Fsp3) is 0.400. The highest BCUT2D eigenvalue weighted by molar-refractivity contribution is 14.0.